The van der Waals surface area contributed by atoms with E-state index in [1.54, 1.807) is 6.92 Å². The van der Waals surface area contributed by atoms with Crippen molar-refractivity contribution in [3.63, 3.8) is 0 Å². The minimum Gasteiger partial charge on any atom is -0.309 e. The van der Waals surface area contributed by atoms with Crippen LogP contribution in [0.1, 0.15) is 23.7 Å². The summed E-state index contributed by atoms with van der Waals surface area (Å²) in [7, 11) is 0. The van der Waals surface area contributed by atoms with Crippen LogP contribution in [-0.4, -0.2) is 9.97 Å². The molecule has 0 aliphatic carbocycles. The molecular formula is C15H12BrClN2OS. The van der Waals surface area contributed by atoms with E-state index in [9.17, 15) is 4.79 Å². The molecule has 21 heavy (non-hydrogen) atoms. The fourth-order valence-electron chi connectivity index (χ4n) is 2.20. The summed E-state index contributed by atoms with van der Waals surface area (Å²) in [5.74, 6) is 0.505. The normalized spacial score (nSPS) is 12.8. The zero-order valence-corrected chi connectivity index (χ0v) is 14.6. The number of nitrogens with zero attached hydrogens (tertiary/aromatic N) is 1. The standard InChI is InChI=1S/C15H12BrClN2OS/c1-7-3-4-11(16)9(5-7)10-6-21-15-12(10)14(20)18-13(19-15)8(2)17/h3-6,8H,1-2H3,(H,18,19,20). The molecule has 0 saturated carbocycles. The molecule has 0 amide bonds. The van der Waals surface area contributed by atoms with Gasteiger partial charge in [0, 0.05) is 15.4 Å². The van der Waals surface area contributed by atoms with Gasteiger partial charge in [0.05, 0.1) is 10.8 Å². The Morgan fingerprint density at radius 2 is 2.14 bits per heavy atom. The minimum absolute atomic E-state index is 0.146. The minimum atomic E-state index is -0.321. The lowest BCUT2D eigenvalue weighted by Gasteiger charge is -2.06. The van der Waals surface area contributed by atoms with Gasteiger partial charge in [-0.25, -0.2) is 4.98 Å². The van der Waals surface area contributed by atoms with Gasteiger partial charge in [-0.3, -0.25) is 4.79 Å². The zero-order chi connectivity index (χ0) is 15.1. The van der Waals surface area contributed by atoms with Crippen molar-refractivity contribution in [1.82, 2.24) is 9.97 Å². The average molecular weight is 384 g/mol. The summed E-state index contributed by atoms with van der Waals surface area (Å²) >= 11 is 11.0. The summed E-state index contributed by atoms with van der Waals surface area (Å²) in [5, 5.41) is 2.26. The Balaban J connectivity index is 2.30. The molecule has 2 heterocycles. The Bertz CT molecular complexity index is 885. The highest BCUT2D eigenvalue weighted by molar-refractivity contribution is 9.10. The number of aryl methyl sites for hydroxylation is 1. The molecule has 2 aromatic heterocycles. The van der Waals surface area contributed by atoms with E-state index < -0.39 is 0 Å². The number of benzene rings is 1. The van der Waals surface area contributed by atoms with E-state index in [-0.39, 0.29) is 10.9 Å². The molecule has 0 saturated heterocycles. The molecule has 3 rings (SSSR count). The van der Waals surface area contributed by atoms with E-state index in [4.69, 9.17) is 11.6 Å². The maximum atomic E-state index is 12.4. The fraction of sp³-hybridized carbons (Fsp3) is 0.200. The lowest BCUT2D eigenvalue weighted by Crippen LogP contribution is -2.11. The lowest BCUT2D eigenvalue weighted by molar-refractivity contribution is 0.917. The molecule has 0 radical (unpaired) electrons. The molecular weight excluding hydrogens is 372 g/mol. The van der Waals surface area contributed by atoms with Crippen molar-refractivity contribution in [3.05, 3.63) is 49.8 Å². The summed E-state index contributed by atoms with van der Waals surface area (Å²) < 4.78 is 0.960. The van der Waals surface area contributed by atoms with Crippen LogP contribution in [0.3, 0.4) is 0 Å². The molecule has 1 N–H and O–H groups in total. The molecule has 108 valence electrons. The van der Waals surface area contributed by atoms with Gasteiger partial charge in [0.2, 0.25) is 0 Å². The summed E-state index contributed by atoms with van der Waals surface area (Å²) in [6.45, 7) is 3.82. The quantitative estimate of drug-likeness (QED) is 0.631. The number of fused-ring (bicyclic) bond motifs is 1. The second-order valence-corrected chi connectivity index (χ2v) is 7.25. The molecule has 1 aromatic carbocycles. The molecule has 0 aliphatic heterocycles. The van der Waals surface area contributed by atoms with Crippen LogP contribution in [0.5, 0.6) is 0 Å². The second kappa shape index (κ2) is 5.55. The Labute approximate surface area is 139 Å². The number of hydrogen-bond donors (Lipinski definition) is 1. The van der Waals surface area contributed by atoms with Crippen LogP contribution < -0.4 is 5.56 Å². The monoisotopic (exact) mass is 382 g/mol. The molecule has 0 spiro atoms. The van der Waals surface area contributed by atoms with E-state index in [0.717, 1.165) is 21.2 Å². The number of aromatic nitrogens is 2. The smallest absolute Gasteiger partial charge is 0.260 e. The van der Waals surface area contributed by atoms with Crippen LogP contribution in [-0.2, 0) is 0 Å². The van der Waals surface area contributed by atoms with Gasteiger partial charge < -0.3 is 4.98 Å². The number of alkyl halides is 1. The molecule has 6 heteroatoms. The maximum Gasteiger partial charge on any atom is 0.260 e. The number of thiophene rings is 1. The van der Waals surface area contributed by atoms with Crippen LogP contribution in [0.25, 0.3) is 21.3 Å². The molecule has 1 atom stereocenters. The van der Waals surface area contributed by atoms with Crippen molar-refractivity contribution in [2.45, 2.75) is 19.2 Å². The van der Waals surface area contributed by atoms with Crippen molar-refractivity contribution < 1.29 is 0 Å². The second-order valence-electron chi connectivity index (χ2n) is 4.88. The highest BCUT2D eigenvalue weighted by atomic mass is 79.9. The molecule has 3 nitrogen and oxygen atoms in total. The van der Waals surface area contributed by atoms with Gasteiger partial charge in [0.25, 0.3) is 5.56 Å². The van der Waals surface area contributed by atoms with Gasteiger partial charge in [-0.15, -0.1) is 22.9 Å². The summed E-state index contributed by atoms with van der Waals surface area (Å²) in [6.07, 6.45) is 0. The summed E-state index contributed by atoms with van der Waals surface area (Å²) in [5.41, 5.74) is 2.89. The third kappa shape index (κ3) is 2.65. The van der Waals surface area contributed by atoms with Crippen molar-refractivity contribution in [2.24, 2.45) is 0 Å². The van der Waals surface area contributed by atoms with Crippen molar-refractivity contribution >= 4 is 49.1 Å². The van der Waals surface area contributed by atoms with E-state index in [1.165, 1.54) is 11.3 Å². The zero-order valence-electron chi connectivity index (χ0n) is 11.4. The van der Waals surface area contributed by atoms with Crippen LogP contribution in [0.2, 0.25) is 0 Å². The Hall–Kier alpha value is -1.17. The number of halogens is 2. The number of H-pyrrole nitrogens is 1. The van der Waals surface area contributed by atoms with Gasteiger partial charge in [0.15, 0.2) is 0 Å². The SMILES string of the molecule is Cc1ccc(Br)c(-c2csc3nc(C(C)Cl)[nH]c(=O)c23)c1. The van der Waals surface area contributed by atoms with Crippen molar-refractivity contribution in [3.8, 4) is 11.1 Å². The predicted molar refractivity (Wildman–Crippen MR) is 92.4 cm³/mol. The van der Waals surface area contributed by atoms with Crippen LogP contribution in [0.4, 0.5) is 0 Å². The van der Waals surface area contributed by atoms with E-state index >= 15 is 0 Å². The fourth-order valence-corrected chi connectivity index (χ4v) is 3.71. The largest absolute Gasteiger partial charge is 0.309 e. The van der Waals surface area contributed by atoms with Crippen molar-refractivity contribution in [2.75, 3.05) is 0 Å². The van der Waals surface area contributed by atoms with Gasteiger partial charge in [-0.2, -0.15) is 0 Å². The van der Waals surface area contributed by atoms with Gasteiger partial charge >= 0.3 is 0 Å². The topological polar surface area (TPSA) is 45.8 Å². The molecule has 0 bridgehead atoms. The first-order valence-electron chi connectivity index (χ1n) is 6.39. The van der Waals surface area contributed by atoms with E-state index in [2.05, 4.69) is 32.0 Å². The first kappa shape index (κ1) is 14.8. The van der Waals surface area contributed by atoms with E-state index in [0.29, 0.717) is 16.0 Å². The number of aromatic amines is 1. The Morgan fingerprint density at radius 1 is 1.38 bits per heavy atom. The molecule has 0 aliphatic rings. The molecule has 1 unspecified atom stereocenters. The highest BCUT2D eigenvalue weighted by Crippen LogP contribution is 2.36. The molecule has 0 fully saturated rings. The van der Waals surface area contributed by atoms with Crippen LogP contribution in [0.15, 0.2) is 32.8 Å². The Morgan fingerprint density at radius 3 is 2.86 bits per heavy atom. The third-order valence-corrected chi connectivity index (χ3v) is 5.02. The van der Waals surface area contributed by atoms with Crippen molar-refractivity contribution in [1.29, 1.82) is 0 Å². The lowest BCUT2D eigenvalue weighted by atomic mass is 10.0. The van der Waals surface area contributed by atoms with Crippen LogP contribution >= 0.6 is 38.9 Å². The number of hydrogen-bond acceptors (Lipinski definition) is 3. The van der Waals surface area contributed by atoms with Gasteiger partial charge in [0.1, 0.15) is 10.7 Å². The predicted octanol–water partition coefficient (Wildman–Crippen LogP) is 5.02. The van der Waals surface area contributed by atoms with E-state index in [1.807, 2.05) is 24.4 Å². The third-order valence-electron chi connectivity index (χ3n) is 3.25. The average Bonchev–Trinajstić information content (AvgIpc) is 2.85. The van der Waals surface area contributed by atoms with Gasteiger partial charge in [-0.1, -0.05) is 33.6 Å². The number of nitrogens with one attached hydrogen (secondary N) is 1. The van der Waals surface area contributed by atoms with Gasteiger partial charge in [-0.05, 0) is 25.5 Å². The summed E-state index contributed by atoms with van der Waals surface area (Å²) in [6, 6.07) is 6.08. The maximum absolute atomic E-state index is 12.4. The number of rotatable bonds is 2. The summed E-state index contributed by atoms with van der Waals surface area (Å²) in [4.78, 5) is 20.3. The first-order valence-corrected chi connectivity index (χ1v) is 8.50. The van der Waals surface area contributed by atoms with Crippen LogP contribution in [0, 0.1) is 6.92 Å². The molecule has 3 aromatic rings. The first-order chi connectivity index (χ1) is 9.97. The Kier molecular flexibility index (Phi) is 3.90. The highest BCUT2D eigenvalue weighted by Gasteiger charge is 2.16.